The first-order chi connectivity index (χ1) is 14.5. The molecule has 1 aliphatic heterocycles. The molecular weight excluding hydrogens is 381 g/mol. The van der Waals surface area contributed by atoms with E-state index in [4.69, 9.17) is 0 Å². The molecule has 30 heavy (non-hydrogen) atoms. The molecule has 2 amide bonds. The van der Waals surface area contributed by atoms with Crippen molar-refractivity contribution in [3.63, 3.8) is 0 Å². The molecule has 1 heterocycles. The molecule has 6 heteroatoms. The first-order valence-corrected chi connectivity index (χ1v) is 9.44. The van der Waals surface area contributed by atoms with Crippen molar-refractivity contribution in [2.45, 2.75) is 0 Å². The van der Waals surface area contributed by atoms with Gasteiger partial charge >= 0.3 is 0 Å². The molecule has 0 unspecified atom stereocenters. The Kier molecular flexibility index (Phi) is 5.06. The van der Waals surface area contributed by atoms with Gasteiger partial charge in [0.2, 0.25) is 0 Å². The van der Waals surface area contributed by atoms with Crippen molar-refractivity contribution in [3.05, 3.63) is 95.9 Å². The van der Waals surface area contributed by atoms with Gasteiger partial charge in [-0.25, -0.2) is 9.29 Å². The molecule has 0 radical (unpaired) electrons. The SMILES string of the molecule is CN(C)c1cccc(N2C(=O)C(Nc3ccccc3)=C(c3ccc(F)cc3)C2=O)c1. The van der Waals surface area contributed by atoms with E-state index in [1.807, 2.05) is 55.4 Å². The third-order valence-corrected chi connectivity index (χ3v) is 4.86. The van der Waals surface area contributed by atoms with Crippen molar-refractivity contribution < 1.29 is 14.0 Å². The zero-order valence-electron chi connectivity index (χ0n) is 16.6. The molecular formula is C24H20FN3O2. The van der Waals surface area contributed by atoms with E-state index in [0.717, 1.165) is 10.6 Å². The zero-order valence-corrected chi connectivity index (χ0v) is 16.6. The largest absolute Gasteiger partial charge is 0.378 e. The Morgan fingerprint density at radius 2 is 1.53 bits per heavy atom. The minimum Gasteiger partial charge on any atom is -0.378 e. The van der Waals surface area contributed by atoms with Gasteiger partial charge in [0.15, 0.2) is 0 Å². The third kappa shape index (κ3) is 3.55. The molecule has 0 saturated heterocycles. The van der Waals surface area contributed by atoms with Gasteiger partial charge in [-0.3, -0.25) is 9.59 Å². The van der Waals surface area contributed by atoms with Crippen molar-refractivity contribution in [2.75, 3.05) is 29.2 Å². The van der Waals surface area contributed by atoms with Crippen molar-refractivity contribution in [1.29, 1.82) is 0 Å². The van der Waals surface area contributed by atoms with Gasteiger partial charge in [-0.1, -0.05) is 36.4 Å². The van der Waals surface area contributed by atoms with E-state index >= 15 is 0 Å². The average molecular weight is 401 g/mol. The summed E-state index contributed by atoms with van der Waals surface area (Å²) in [5, 5.41) is 3.08. The summed E-state index contributed by atoms with van der Waals surface area (Å²) in [5.41, 5.74) is 2.85. The van der Waals surface area contributed by atoms with E-state index in [9.17, 15) is 14.0 Å². The average Bonchev–Trinajstić information content (AvgIpc) is 2.99. The lowest BCUT2D eigenvalue weighted by atomic mass is 10.0. The highest BCUT2D eigenvalue weighted by Crippen LogP contribution is 2.34. The predicted octanol–water partition coefficient (Wildman–Crippen LogP) is 4.29. The van der Waals surface area contributed by atoms with Crippen LogP contribution in [0.25, 0.3) is 5.57 Å². The molecule has 1 N–H and O–H groups in total. The van der Waals surface area contributed by atoms with Crippen LogP contribution in [0.5, 0.6) is 0 Å². The van der Waals surface area contributed by atoms with Crippen LogP contribution in [0.4, 0.5) is 21.5 Å². The van der Waals surface area contributed by atoms with Gasteiger partial charge in [0.05, 0.1) is 11.3 Å². The van der Waals surface area contributed by atoms with Crippen LogP contribution >= 0.6 is 0 Å². The molecule has 0 atom stereocenters. The highest BCUT2D eigenvalue weighted by molar-refractivity contribution is 6.46. The van der Waals surface area contributed by atoms with E-state index in [-0.39, 0.29) is 11.3 Å². The fraction of sp³-hybridized carbons (Fsp3) is 0.0833. The maximum absolute atomic E-state index is 13.5. The maximum atomic E-state index is 13.5. The fourth-order valence-electron chi connectivity index (χ4n) is 3.34. The zero-order chi connectivity index (χ0) is 21.3. The highest BCUT2D eigenvalue weighted by Gasteiger charge is 2.40. The first kappa shape index (κ1) is 19.4. The van der Waals surface area contributed by atoms with Crippen LogP contribution in [0, 0.1) is 5.82 Å². The number of hydrogen-bond acceptors (Lipinski definition) is 4. The number of imide groups is 1. The van der Waals surface area contributed by atoms with Gasteiger partial charge in [0.25, 0.3) is 11.8 Å². The number of para-hydroxylation sites is 1. The Morgan fingerprint density at radius 3 is 2.20 bits per heavy atom. The number of nitrogens with one attached hydrogen (secondary N) is 1. The van der Waals surface area contributed by atoms with Crippen molar-refractivity contribution in [2.24, 2.45) is 0 Å². The normalized spacial score (nSPS) is 13.8. The molecule has 0 saturated carbocycles. The van der Waals surface area contributed by atoms with Crippen LogP contribution in [0.3, 0.4) is 0 Å². The number of amides is 2. The van der Waals surface area contributed by atoms with E-state index < -0.39 is 17.6 Å². The Labute approximate surface area is 174 Å². The standard InChI is InChI=1S/C24H20FN3O2/c1-27(2)19-9-6-10-20(15-19)28-23(29)21(16-11-13-17(25)14-12-16)22(24(28)30)26-18-7-4-3-5-8-18/h3-15,26H,1-2H3. The van der Waals surface area contributed by atoms with Gasteiger partial charge in [-0.05, 0) is 48.0 Å². The number of anilines is 3. The predicted molar refractivity (Wildman–Crippen MR) is 117 cm³/mol. The molecule has 3 aromatic carbocycles. The van der Waals surface area contributed by atoms with Crippen LogP contribution < -0.4 is 15.1 Å². The van der Waals surface area contributed by atoms with Gasteiger partial charge < -0.3 is 10.2 Å². The van der Waals surface area contributed by atoms with Crippen LogP contribution in [0.1, 0.15) is 5.56 Å². The molecule has 0 bridgehead atoms. The number of halogens is 1. The molecule has 0 aliphatic carbocycles. The summed E-state index contributed by atoms with van der Waals surface area (Å²) in [7, 11) is 3.77. The second-order valence-corrected chi connectivity index (χ2v) is 7.11. The number of benzene rings is 3. The van der Waals surface area contributed by atoms with Crippen LogP contribution in [0.2, 0.25) is 0 Å². The topological polar surface area (TPSA) is 52.6 Å². The Bertz CT molecular complexity index is 1140. The molecule has 0 spiro atoms. The minimum atomic E-state index is -0.459. The monoisotopic (exact) mass is 401 g/mol. The fourth-order valence-corrected chi connectivity index (χ4v) is 3.34. The summed E-state index contributed by atoms with van der Waals surface area (Å²) in [4.78, 5) is 29.8. The van der Waals surface area contributed by atoms with E-state index in [2.05, 4.69) is 5.32 Å². The lowest BCUT2D eigenvalue weighted by molar-refractivity contribution is -0.120. The number of rotatable bonds is 5. The van der Waals surface area contributed by atoms with Crippen molar-refractivity contribution in [3.8, 4) is 0 Å². The van der Waals surface area contributed by atoms with E-state index in [0.29, 0.717) is 16.9 Å². The number of carbonyl (C=O) groups excluding carboxylic acids is 2. The minimum absolute atomic E-state index is 0.160. The summed E-state index contributed by atoms with van der Waals surface area (Å²) < 4.78 is 13.5. The summed E-state index contributed by atoms with van der Waals surface area (Å²) in [6.07, 6.45) is 0. The van der Waals surface area contributed by atoms with E-state index in [1.165, 1.54) is 24.3 Å². The summed E-state index contributed by atoms with van der Waals surface area (Å²) >= 11 is 0. The summed E-state index contributed by atoms with van der Waals surface area (Å²) in [6, 6.07) is 21.9. The molecule has 3 aromatic rings. The van der Waals surface area contributed by atoms with Gasteiger partial charge in [-0.15, -0.1) is 0 Å². The summed E-state index contributed by atoms with van der Waals surface area (Å²) in [5.74, 6) is -1.33. The van der Waals surface area contributed by atoms with Crippen LogP contribution in [-0.4, -0.2) is 25.9 Å². The molecule has 4 rings (SSSR count). The number of nitrogens with zero attached hydrogens (tertiary/aromatic N) is 2. The first-order valence-electron chi connectivity index (χ1n) is 9.44. The van der Waals surface area contributed by atoms with Gasteiger partial charge in [0, 0.05) is 25.5 Å². The quantitative estimate of drug-likeness (QED) is 0.648. The molecule has 150 valence electrons. The Hall–Kier alpha value is -3.93. The molecule has 0 aromatic heterocycles. The van der Waals surface area contributed by atoms with E-state index in [1.54, 1.807) is 18.2 Å². The third-order valence-electron chi connectivity index (χ3n) is 4.86. The molecule has 1 aliphatic rings. The highest BCUT2D eigenvalue weighted by atomic mass is 19.1. The lowest BCUT2D eigenvalue weighted by Crippen LogP contribution is -2.32. The lowest BCUT2D eigenvalue weighted by Gasteiger charge is -2.19. The summed E-state index contributed by atoms with van der Waals surface area (Å²) in [6.45, 7) is 0. The number of hydrogen-bond donors (Lipinski definition) is 1. The van der Waals surface area contributed by atoms with Crippen LogP contribution in [-0.2, 0) is 9.59 Å². The Morgan fingerprint density at radius 1 is 0.833 bits per heavy atom. The smallest absolute Gasteiger partial charge is 0.282 e. The molecule has 5 nitrogen and oxygen atoms in total. The Balaban J connectivity index is 1.81. The second-order valence-electron chi connectivity index (χ2n) is 7.11. The van der Waals surface area contributed by atoms with Crippen molar-refractivity contribution >= 4 is 34.4 Å². The number of carbonyl (C=O) groups is 2. The van der Waals surface area contributed by atoms with Gasteiger partial charge in [0.1, 0.15) is 11.5 Å². The van der Waals surface area contributed by atoms with Crippen LogP contribution in [0.15, 0.2) is 84.6 Å². The van der Waals surface area contributed by atoms with Crippen molar-refractivity contribution in [1.82, 2.24) is 0 Å². The molecule has 0 fully saturated rings. The maximum Gasteiger partial charge on any atom is 0.282 e. The van der Waals surface area contributed by atoms with Gasteiger partial charge in [-0.2, -0.15) is 0 Å². The second kappa shape index (κ2) is 7.83.